The molecule has 4 aromatic rings. The fourth-order valence-corrected chi connectivity index (χ4v) is 4.56. The minimum absolute atomic E-state index is 0.348. The van der Waals surface area contributed by atoms with E-state index in [9.17, 15) is 4.79 Å². The standard InChI is InChI=1S/C24H24ClN3O3S/c1-3-30-12-4-11-28-23(17-6-8-19(25)9-7-17)26-27-24(28)32-15-18-14-22(29)31-21-13-16(2)5-10-20(18)21/h5-10,13-14H,3-4,11-12,15H2,1-2H3. The molecule has 0 atom stereocenters. The SMILES string of the molecule is CCOCCCn1c(SCc2cc(=O)oc3cc(C)ccc23)nnc1-c1ccc(Cl)cc1. The predicted molar refractivity (Wildman–Crippen MR) is 128 cm³/mol. The van der Waals surface area contributed by atoms with Crippen LogP contribution in [0.2, 0.25) is 5.02 Å². The van der Waals surface area contributed by atoms with E-state index in [2.05, 4.69) is 14.8 Å². The van der Waals surface area contributed by atoms with Crippen molar-refractivity contribution in [2.75, 3.05) is 13.2 Å². The van der Waals surface area contributed by atoms with Crippen LogP contribution in [0, 0.1) is 6.92 Å². The van der Waals surface area contributed by atoms with Crippen LogP contribution in [0.25, 0.3) is 22.4 Å². The number of fused-ring (bicyclic) bond motifs is 1. The van der Waals surface area contributed by atoms with Crippen molar-refractivity contribution in [3.8, 4) is 11.4 Å². The van der Waals surface area contributed by atoms with Gasteiger partial charge in [0, 0.05) is 47.6 Å². The molecule has 4 rings (SSSR count). The van der Waals surface area contributed by atoms with Gasteiger partial charge in [-0.2, -0.15) is 0 Å². The molecule has 0 saturated heterocycles. The van der Waals surface area contributed by atoms with Crippen molar-refractivity contribution >= 4 is 34.3 Å². The second-order valence-electron chi connectivity index (χ2n) is 7.39. The quantitative estimate of drug-likeness (QED) is 0.177. The smallest absolute Gasteiger partial charge is 0.336 e. The molecule has 6 nitrogen and oxygen atoms in total. The number of halogens is 1. The second kappa shape index (κ2) is 10.3. The van der Waals surface area contributed by atoms with Crippen LogP contribution < -0.4 is 5.63 Å². The molecule has 0 bridgehead atoms. The lowest BCUT2D eigenvalue weighted by molar-refractivity contribution is 0.141. The summed E-state index contributed by atoms with van der Waals surface area (Å²) >= 11 is 7.61. The molecule has 0 N–H and O–H groups in total. The van der Waals surface area contributed by atoms with Gasteiger partial charge in [0.2, 0.25) is 0 Å². The first-order valence-electron chi connectivity index (χ1n) is 10.5. The van der Waals surface area contributed by atoms with Crippen LogP contribution in [0.1, 0.15) is 24.5 Å². The Bertz CT molecular complexity index is 1270. The first-order valence-corrected chi connectivity index (χ1v) is 11.8. The number of nitrogens with zero attached hydrogens (tertiary/aromatic N) is 3. The molecular formula is C24H24ClN3O3S. The fourth-order valence-electron chi connectivity index (χ4n) is 3.48. The number of ether oxygens (including phenoxy) is 1. The van der Waals surface area contributed by atoms with E-state index in [-0.39, 0.29) is 5.63 Å². The lowest BCUT2D eigenvalue weighted by atomic mass is 10.1. The molecule has 0 amide bonds. The predicted octanol–water partition coefficient (Wildman–Crippen LogP) is 5.73. The first kappa shape index (κ1) is 22.6. The Kier molecular flexibility index (Phi) is 7.29. The van der Waals surface area contributed by atoms with Crippen molar-refractivity contribution in [2.24, 2.45) is 0 Å². The summed E-state index contributed by atoms with van der Waals surface area (Å²) in [6.07, 6.45) is 0.844. The van der Waals surface area contributed by atoms with E-state index >= 15 is 0 Å². The number of thioether (sulfide) groups is 1. The maximum Gasteiger partial charge on any atom is 0.336 e. The monoisotopic (exact) mass is 469 g/mol. The Morgan fingerprint density at radius 3 is 2.72 bits per heavy atom. The zero-order chi connectivity index (χ0) is 22.5. The summed E-state index contributed by atoms with van der Waals surface area (Å²) in [7, 11) is 0. The largest absolute Gasteiger partial charge is 0.423 e. The zero-order valence-electron chi connectivity index (χ0n) is 18.0. The van der Waals surface area contributed by atoms with Crippen molar-refractivity contribution in [3.63, 3.8) is 0 Å². The highest BCUT2D eigenvalue weighted by atomic mass is 35.5. The van der Waals surface area contributed by atoms with Gasteiger partial charge in [-0.3, -0.25) is 0 Å². The van der Waals surface area contributed by atoms with Crippen molar-refractivity contribution in [1.82, 2.24) is 14.8 Å². The van der Waals surface area contributed by atoms with Crippen LogP contribution >= 0.6 is 23.4 Å². The van der Waals surface area contributed by atoms with Gasteiger partial charge in [0.05, 0.1) is 0 Å². The van der Waals surface area contributed by atoms with Gasteiger partial charge in [-0.1, -0.05) is 35.5 Å². The maximum atomic E-state index is 12.1. The highest BCUT2D eigenvalue weighted by Crippen LogP contribution is 2.29. The molecule has 0 fully saturated rings. The van der Waals surface area contributed by atoms with Gasteiger partial charge in [-0.15, -0.1) is 10.2 Å². The van der Waals surface area contributed by atoms with E-state index in [1.807, 2.05) is 56.3 Å². The van der Waals surface area contributed by atoms with Crippen molar-refractivity contribution in [1.29, 1.82) is 0 Å². The van der Waals surface area contributed by atoms with Gasteiger partial charge in [0.25, 0.3) is 0 Å². The third kappa shape index (κ3) is 5.23. The molecule has 2 aromatic heterocycles. The zero-order valence-corrected chi connectivity index (χ0v) is 19.6. The van der Waals surface area contributed by atoms with Crippen LogP contribution in [-0.2, 0) is 17.0 Å². The van der Waals surface area contributed by atoms with Crippen LogP contribution in [0.4, 0.5) is 0 Å². The normalized spacial score (nSPS) is 11.3. The van der Waals surface area contributed by atoms with Crippen LogP contribution in [0.3, 0.4) is 0 Å². The highest BCUT2D eigenvalue weighted by molar-refractivity contribution is 7.98. The molecule has 0 radical (unpaired) electrons. The van der Waals surface area contributed by atoms with Crippen molar-refractivity contribution < 1.29 is 9.15 Å². The lowest BCUT2D eigenvalue weighted by Gasteiger charge is -2.11. The molecule has 0 aliphatic carbocycles. The Balaban J connectivity index is 1.62. The third-order valence-electron chi connectivity index (χ3n) is 5.04. The molecule has 0 spiro atoms. The fraction of sp³-hybridized carbons (Fsp3) is 0.292. The van der Waals surface area contributed by atoms with Gasteiger partial charge >= 0.3 is 5.63 Å². The summed E-state index contributed by atoms with van der Waals surface area (Å²) in [4.78, 5) is 12.1. The summed E-state index contributed by atoms with van der Waals surface area (Å²) in [5.74, 6) is 1.36. The molecule has 0 aliphatic rings. The van der Waals surface area contributed by atoms with Crippen molar-refractivity contribution in [2.45, 2.75) is 37.7 Å². The van der Waals surface area contributed by atoms with Crippen molar-refractivity contribution in [3.05, 3.63) is 75.1 Å². The van der Waals surface area contributed by atoms with Crippen LogP contribution in [-0.4, -0.2) is 28.0 Å². The Hall–Kier alpha value is -2.61. The van der Waals surface area contributed by atoms with Crippen LogP contribution in [0.15, 0.2) is 62.9 Å². The first-order chi connectivity index (χ1) is 15.5. The summed E-state index contributed by atoms with van der Waals surface area (Å²) in [5, 5.41) is 11.3. The molecule has 2 heterocycles. The van der Waals surface area contributed by atoms with Gasteiger partial charge in [-0.25, -0.2) is 4.79 Å². The Morgan fingerprint density at radius 1 is 1.12 bits per heavy atom. The number of benzene rings is 2. The molecule has 166 valence electrons. The van der Waals surface area contributed by atoms with E-state index in [0.29, 0.717) is 29.6 Å². The Morgan fingerprint density at radius 2 is 1.94 bits per heavy atom. The van der Waals surface area contributed by atoms with E-state index in [0.717, 1.165) is 46.0 Å². The Labute approximate surface area is 195 Å². The highest BCUT2D eigenvalue weighted by Gasteiger charge is 2.16. The number of hydrogen-bond donors (Lipinski definition) is 0. The lowest BCUT2D eigenvalue weighted by Crippen LogP contribution is -2.06. The minimum atomic E-state index is -0.348. The topological polar surface area (TPSA) is 70.2 Å². The van der Waals surface area contributed by atoms with Gasteiger partial charge in [-0.05, 0) is 61.7 Å². The number of rotatable bonds is 9. The van der Waals surface area contributed by atoms with Crippen LogP contribution in [0.5, 0.6) is 0 Å². The van der Waals surface area contributed by atoms with E-state index in [1.54, 1.807) is 17.8 Å². The van der Waals surface area contributed by atoms with Gasteiger partial charge < -0.3 is 13.7 Å². The molecule has 0 aliphatic heterocycles. The minimum Gasteiger partial charge on any atom is -0.423 e. The number of aryl methyl sites for hydroxylation is 1. The van der Waals surface area contributed by atoms with E-state index < -0.39 is 0 Å². The number of hydrogen-bond acceptors (Lipinski definition) is 6. The summed E-state index contributed by atoms with van der Waals surface area (Å²) < 4.78 is 13.0. The molecule has 2 aromatic carbocycles. The van der Waals surface area contributed by atoms with Gasteiger partial charge in [0.1, 0.15) is 5.58 Å². The molecule has 0 saturated carbocycles. The summed E-state index contributed by atoms with van der Waals surface area (Å²) in [6, 6.07) is 15.0. The van der Waals surface area contributed by atoms with E-state index in [1.165, 1.54) is 0 Å². The third-order valence-corrected chi connectivity index (χ3v) is 6.30. The second-order valence-corrected chi connectivity index (χ2v) is 8.77. The maximum absolute atomic E-state index is 12.1. The van der Waals surface area contributed by atoms with E-state index in [4.69, 9.17) is 20.8 Å². The summed E-state index contributed by atoms with van der Waals surface area (Å²) in [6.45, 7) is 6.05. The average Bonchev–Trinajstić information content (AvgIpc) is 3.17. The number of aromatic nitrogens is 3. The molecule has 8 heteroatoms. The molecular weight excluding hydrogens is 446 g/mol. The molecule has 0 unspecified atom stereocenters. The summed E-state index contributed by atoms with van der Waals surface area (Å²) in [5.41, 5.74) is 3.17. The molecule has 32 heavy (non-hydrogen) atoms. The average molecular weight is 470 g/mol. The van der Waals surface area contributed by atoms with Gasteiger partial charge in [0.15, 0.2) is 11.0 Å².